The molecule has 0 aliphatic heterocycles. The number of rotatable bonds is 7. The number of carbonyl (C=O) groups is 2. The molecular formula is C22H30N4O5S. The van der Waals surface area contributed by atoms with Crippen LogP contribution in [0.2, 0.25) is 0 Å². The van der Waals surface area contributed by atoms with Crippen LogP contribution in [0.3, 0.4) is 0 Å². The third kappa shape index (κ3) is 7.60. The Bertz CT molecular complexity index is 1080. The summed E-state index contributed by atoms with van der Waals surface area (Å²) in [5.41, 5.74) is 1.11. The zero-order valence-electron chi connectivity index (χ0n) is 19.2. The summed E-state index contributed by atoms with van der Waals surface area (Å²) in [5, 5.41) is 2.47. The van der Waals surface area contributed by atoms with Crippen molar-refractivity contribution in [2.45, 2.75) is 64.5 Å². The molecule has 2 N–H and O–H groups in total. The third-order valence-corrected chi connectivity index (χ3v) is 5.54. The molecule has 0 saturated heterocycles. The van der Waals surface area contributed by atoms with Gasteiger partial charge >= 0.3 is 6.09 Å². The maximum absolute atomic E-state index is 12.9. The van der Waals surface area contributed by atoms with Gasteiger partial charge in [-0.2, -0.15) is 0 Å². The van der Waals surface area contributed by atoms with E-state index in [1.54, 1.807) is 45.9 Å². The molecule has 1 heterocycles. The van der Waals surface area contributed by atoms with Gasteiger partial charge in [0.1, 0.15) is 18.0 Å². The molecule has 1 aromatic carbocycles. The molecule has 2 aromatic rings. The molecule has 1 atom stereocenters. The summed E-state index contributed by atoms with van der Waals surface area (Å²) >= 11 is 0. The Labute approximate surface area is 189 Å². The predicted molar refractivity (Wildman–Crippen MR) is 120 cm³/mol. The summed E-state index contributed by atoms with van der Waals surface area (Å²) in [7, 11) is -4.19. The number of sulfonamides is 1. The van der Waals surface area contributed by atoms with Crippen molar-refractivity contribution in [3.8, 4) is 11.3 Å². The highest BCUT2D eigenvalue weighted by Crippen LogP contribution is 2.21. The lowest BCUT2D eigenvalue weighted by Gasteiger charge is -2.24. The average molecular weight is 463 g/mol. The minimum Gasteiger partial charge on any atom is -0.444 e. The molecule has 0 unspecified atom stereocenters. The summed E-state index contributed by atoms with van der Waals surface area (Å²) in [6.07, 6.45) is 0.838. The van der Waals surface area contributed by atoms with Gasteiger partial charge in [-0.05, 0) is 58.2 Å². The van der Waals surface area contributed by atoms with Gasteiger partial charge in [0.05, 0.1) is 10.6 Å². The number of amides is 2. The van der Waals surface area contributed by atoms with Gasteiger partial charge in [0, 0.05) is 11.3 Å². The van der Waals surface area contributed by atoms with E-state index >= 15 is 0 Å². The van der Waals surface area contributed by atoms with E-state index < -0.39 is 33.7 Å². The van der Waals surface area contributed by atoms with E-state index in [1.165, 1.54) is 18.5 Å². The molecule has 10 heteroatoms. The van der Waals surface area contributed by atoms with E-state index in [0.717, 1.165) is 5.69 Å². The number of ether oxygens (including phenoxy) is 1. The van der Waals surface area contributed by atoms with Crippen LogP contribution in [0.4, 0.5) is 4.79 Å². The number of nitrogens with one attached hydrogen (secondary N) is 2. The van der Waals surface area contributed by atoms with Crippen LogP contribution in [-0.4, -0.2) is 42.0 Å². The zero-order chi connectivity index (χ0) is 24.1. The number of hydrogen-bond donors (Lipinski definition) is 2. The molecule has 2 rings (SSSR count). The van der Waals surface area contributed by atoms with Crippen LogP contribution < -0.4 is 10.0 Å². The maximum atomic E-state index is 12.9. The van der Waals surface area contributed by atoms with Crippen molar-refractivity contribution in [3.63, 3.8) is 0 Å². The highest BCUT2D eigenvalue weighted by molar-refractivity contribution is 7.90. The highest BCUT2D eigenvalue weighted by atomic mass is 32.2. The second kappa shape index (κ2) is 10.1. The summed E-state index contributed by atoms with van der Waals surface area (Å²) in [4.78, 5) is 33.0. The molecule has 0 spiro atoms. The fraction of sp³-hybridized carbons (Fsp3) is 0.455. The molecule has 0 aliphatic carbocycles. The summed E-state index contributed by atoms with van der Waals surface area (Å²) < 4.78 is 33.0. The lowest BCUT2D eigenvalue weighted by atomic mass is 10.0. The minimum atomic E-state index is -4.19. The van der Waals surface area contributed by atoms with Gasteiger partial charge in [-0.15, -0.1) is 0 Å². The predicted octanol–water partition coefficient (Wildman–Crippen LogP) is 3.20. The van der Waals surface area contributed by atoms with Crippen molar-refractivity contribution >= 4 is 22.0 Å². The van der Waals surface area contributed by atoms with Crippen LogP contribution in [0.1, 0.15) is 46.7 Å². The second-order valence-electron chi connectivity index (χ2n) is 8.87. The minimum absolute atomic E-state index is 0.0210. The van der Waals surface area contributed by atoms with Gasteiger partial charge in [-0.1, -0.05) is 26.0 Å². The molecular weight excluding hydrogens is 432 g/mol. The molecule has 9 nitrogen and oxygen atoms in total. The molecule has 174 valence electrons. The smallest absolute Gasteiger partial charge is 0.408 e. The first-order valence-corrected chi connectivity index (χ1v) is 11.7. The van der Waals surface area contributed by atoms with Crippen LogP contribution in [0.25, 0.3) is 11.3 Å². The van der Waals surface area contributed by atoms with Gasteiger partial charge in [-0.25, -0.2) is 27.9 Å². The normalized spacial score (nSPS) is 12.8. The van der Waals surface area contributed by atoms with Gasteiger partial charge in [0.2, 0.25) is 0 Å². The summed E-state index contributed by atoms with van der Waals surface area (Å²) in [6, 6.07) is 6.74. The monoisotopic (exact) mass is 462 g/mol. The van der Waals surface area contributed by atoms with Gasteiger partial charge in [-0.3, -0.25) is 4.79 Å². The molecule has 0 bridgehead atoms. The lowest BCUT2D eigenvalue weighted by Crippen LogP contribution is -2.50. The Kier molecular flexibility index (Phi) is 7.95. The third-order valence-electron chi connectivity index (χ3n) is 4.19. The van der Waals surface area contributed by atoms with Gasteiger partial charge in [0.25, 0.3) is 15.9 Å². The molecule has 0 aliphatic rings. The largest absolute Gasteiger partial charge is 0.444 e. The second-order valence-corrected chi connectivity index (χ2v) is 10.6. The molecule has 0 fully saturated rings. The molecule has 1 aromatic heterocycles. The SMILES string of the molecule is Cc1cc(-c2cccc(S(=O)(=O)NC(=O)[C@H](CC(C)C)NC(=O)OC(C)(C)C)c2)ncn1. The zero-order valence-corrected chi connectivity index (χ0v) is 20.0. The number of benzene rings is 1. The van der Waals surface area contributed by atoms with Crippen molar-refractivity contribution in [3.05, 3.63) is 42.4 Å². The summed E-state index contributed by atoms with van der Waals surface area (Å²) in [6.45, 7) is 10.6. The van der Waals surface area contributed by atoms with E-state index in [1.807, 2.05) is 13.8 Å². The number of hydrogen-bond acceptors (Lipinski definition) is 7. The van der Waals surface area contributed by atoms with Crippen molar-refractivity contribution in [1.82, 2.24) is 20.0 Å². The topological polar surface area (TPSA) is 127 Å². The van der Waals surface area contributed by atoms with Crippen LogP contribution in [0, 0.1) is 12.8 Å². The first kappa shape index (κ1) is 25.3. The van der Waals surface area contributed by atoms with Crippen molar-refractivity contribution < 1.29 is 22.7 Å². The Balaban J connectivity index is 2.23. The number of aryl methyl sites for hydroxylation is 1. The van der Waals surface area contributed by atoms with E-state index in [2.05, 4.69) is 20.0 Å². The fourth-order valence-corrected chi connectivity index (χ4v) is 3.92. The number of nitrogens with zero attached hydrogens (tertiary/aromatic N) is 2. The Morgan fingerprint density at radius 1 is 1.12 bits per heavy atom. The maximum Gasteiger partial charge on any atom is 0.408 e. The Morgan fingerprint density at radius 2 is 1.81 bits per heavy atom. The molecule has 0 radical (unpaired) electrons. The van der Waals surface area contributed by atoms with Crippen molar-refractivity contribution in [1.29, 1.82) is 0 Å². The van der Waals surface area contributed by atoms with Crippen LogP contribution >= 0.6 is 0 Å². The standard InChI is InChI=1S/C22H30N4O5S/c1-14(2)10-19(25-21(28)31-22(4,5)6)20(27)26-32(29,30)17-9-7-8-16(12-17)18-11-15(3)23-13-24-18/h7-9,11-14,19H,10H2,1-6H3,(H,25,28)(H,26,27)/t19-/m0/s1. The molecule has 32 heavy (non-hydrogen) atoms. The Hall–Kier alpha value is -3.01. The molecule has 0 saturated carbocycles. The Morgan fingerprint density at radius 3 is 2.41 bits per heavy atom. The van der Waals surface area contributed by atoms with Gasteiger partial charge < -0.3 is 10.1 Å². The van der Waals surface area contributed by atoms with E-state index in [9.17, 15) is 18.0 Å². The van der Waals surface area contributed by atoms with E-state index in [-0.39, 0.29) is 17.2 Å². The molecule has 2 amide bonds. The lowest BCUT2D eigenvalue weighted by molar-refractivity contribution is -0.121. The first-order chi connectivity index (χ1) is 14.8. The van der Waals surface area contributed by atoms with Gasteiger partial charge in [0.15, 0.2) is 0 Å². The van der Waals surface area contributed by atoms with Crippen LogP contribution in [-0.2, 0) is 19.6 Å². The van der Waals surface area contributed by atoms with E-state index in [4.69, 9.17) is 4.74 Å². The number of aromatic nitrogens is 2. The highest BCUT2D eigenvalue weighted by Gasteiger charge is 2.28. The van der Waals surface area contributed by atoms with E-state index in [0.29, 0.717) is 11.3 Å². The number of alkyl carbamates (subject to hydrolysis) is 1. The quantitative estimate of drug-likeness (QED) is 0.647. The first-order valence-electron chi connectivity index (χ1n) is 10.2. The average Bonchev–Trinajstić information content (AvgIpc) is 2.65. The van der Waals surface area contributed by atoms with Crippen LogP contribution in [0.5, 0.6) is 0 Å². The summed E-state index contributed by atoms with van der Waals surface area (Å²) in [5.74, 6) is -0.819. The fourth-order valence-electron chi connectivity index (χ4n) is 2.85. The van der Waals surface area contributed by atoms with Crippen LogP contribution in [0.15, 0.2) is 41.6 Å². The van der Waals surface area contributed by atoms with Crippen molar-refractivity contribution in [2.24, 2.45) is 5.92 Å². The van der Waals surface area contributed by atoms with Crippen molar-refractivity contribution in [2.75, 3.05) is 0 Å². The number of carbonyl (C=O) groups excluding carboxylic acids is 2.